The van der Waals surface area contributed by atoms with Crippen LogP contribution in [-0.2, 0) is 27.4 Å². The number of fused-ring (bicyclic) bond motifs is 6. The number of carbonyl (C=O) groups excluding carboxylic acids is 1. The number of hydrogen-bond donors (Lipinski definition) is 0. The van der Waals surface area contributed by atoms with Gasteiger partial charge in [-0.05, 0) is 100 Å². The molecule has 42 heavy (non-hydrogen) atoms. The second-order valence-corrected chi connectivity index (χ2v) is 11.2. The van der Waals surface area contributed by atoms with Crippen molar-refractivity contribution in [3.8, 4) is 11.3 Å². The molecule has 1 spiro atoms. The molecular formula is C36H28ClFeN3O+2. The molecular weight excluding hydrogens is 582 g/mol. The standard InChI is InChI=1S/C31H23ClN3O.C5H5.Fe/c1-35-18-23(19-14-16-21(32)17-15-19)27(29(36)20-8-2-3-9-20)31(35)24-11-5-4-10-22(24)28-30(31)34-26-13-7-6-12-25(26)33-28;1-2-4-5-3-1;/h2-17,23,27H,18H2,1H3;1-5H;/q;;+2/t23-,27+,31+;;/m1../s1. The number of aromatic nitrogens is 2. The number of rotatable bonds is 3. The van der Waals surface area contributed by atoms with Crippen LogP contribution in [-0.4, -0.2) is 34.2 Å². The van der Waals surface area contributed by atoms with E-state index in [0.717, 1.165) is 45.0 Å². The fourth-order valence-corrected chi connectivity index (χ4v) is 6.92. The summed E-state index contributed by atoms with van der Waals surface area (Å²) in [6.07, 6.45) is 17.7. The van der Waals surface area contributed by atoms with E-state index in [2.05, 4.69) is 42.3 Å². The molecule has 3 aromatic carbocycles. The molecule has 6 heteroatoms. The first-order chi connectivity index (χ1) is 20.1. The van der Waals surface area contributed by atoms with Crippen molar-refractivity contribution >= 4 is 28.4 Å². The Morgan fingerprint density at radius 2 is 1.40 bits per heavy atom. The van der Waals surface area contributed by atoms with Crippen LogP contribution >= 0.6 is 11.6 Å². The first-order valence-corrected chi connectivity index (χ1v) is 14.2. The van der Waals surface area contributed by atoms with Crippen molar-refractivity contribution in [2.45, 2.75) is 11.5 Å². The number of nitrogens with zero attached hydrogens (tertiary/aromatic N) is 3. The number of benzene rings is 3. The van der Waals surface area contributed by atoms with Gasteiger partial charge >= 0.3 is 17.1 Å². The summed E-state index contributed by atoms with van der Waals surface area (Å²) >= 11 is 6.24. The molecule has 0 bridgehead atoms. The Bertz CT molecular complexity index is 1570. The fourth-order valence-electron chi connectivity index (χ4n) is 6.80. The number of likely N-dealkylation sites (tertiary alicyclic amines) is 1. The van der Waals surface area contributed by atoms with E-state index in [4.69, 9.17) is 21.6 Å². The van der Waals surface area contributed by atoms with Gasteiger partial charge in [-0.15, -0.1) is 0 Å². The predicted molar refractivity (Wildman–Crippen MR) is 163 cm³/mol. The van der Waals surface area contributed by atoms with Crippen LogP contribution in [0.3, 0.4) is 0 Å². The van der Waals surface area contributed by atoms with Crippen molar-refractivity contribution in [2.24, 2.45) is 5.92 Å². The van der Waals surface area contributed by atoms with Gasteiger partial charge in [0.1, 0.15) is 11.3 Å². The van der Waals surface area contributed by atoms with E-state index >= 15 is 0 Å². The molecule has 3 atom stereocenters. The Kier molecular flexibility index (Phi) is 8.58. The minimum atomic E-state index is -0.735. The SMILES string of the molecule is CN1C[C@H](c2ccc(Cl)cc2)[C@@H](C(=O)[C]2[CH][CH][CH][CH]2)[C@]12c1ccccc1-c1nc3ccccc3nc12.[CH]1[CH][CH][CH][CH]1.[Fe+2]. The number of ketones is 1. The molecule has 4 nitrogen and oxygen atoms in total. The number of carbonyl (C=O) groups is 1. The summed E-state index contributed by atoms with van der Waals surface area (Å²) in [5, 5.41) is 0.688. The fraction of sp³-hybridized carbons (Fsp3) is 0.139. The molecule has 3 aliphatic carbocycles. The second-order valence-electron chi connectivity index (χ2n) is 10.7. The third-order valence-corrected chi connectivity index (χ3v) is 8.78. The summed E-state index contributed by atoms with van der Waals surface area (Å²) in [4.78, 5) is 27.1. The molecule has 2 heterocycles. The van der Waals surface area contributed by atoms with Gasteiger partial charge in [-0.1, -0.05) is 60.1 Å². The van der Waals surface area contributed by atoms with E-state index in [1.807, 2.05) is 100 Å². The zero-order valence-electron chi connectivity index (χ0n) is 23.0. The van der Waals surface area contributed by atoms with Crippen molar-refractivity contribution in [3.05, 3.63) is 158 Å². The Labute approximate surface area is 264 Å². The maximum Gasteiger partial charge on any atom is 2.00 e. The maximum absolute atomic E-state index is 14.4. The van der Waals surface area contributed by atoms with Gasteiger partial charge in [-0.2, -0.15) is 0 Å². The van der Waals surface area contributed by atoms with Gasteiger partial charge in [-0.25, -0.2) is 9.97 Å². The average molecular weight is 610 g/mol. The quantitative estimate of drug-likeness (QED) is 0.239. The summed E-state index contributed by atoms with van der Waals surface area (Å²) in [5.74, 6) is 0.432. The molecule has 1 aromatic heterocycles. The van der Waals surface area contributed by atoms with E-state index in [-0.39, 0.29) is 34.7 Å². The number of para-hydroxylation sites is 2. The van der Waals surface area contributed by atoms with Crippen molar-refractivity contribution in [1.82, 2.24) is 14.9 Å². The first-order valence-electron chi connectivity index (χ1n) is 13.9. The Balaban J connectivity index is 0.000000479. The summed E-state index contributed by atoms with van der Waals surface area (Å²) in [5.41, 5.74) is 5.95. The summed E-state index contributed by atoms with van der Waals surface area (Å²) in [6, 6.07) is 24.3. The Morgan fingerprint density at radius 1 is 0.810 bits per heavy atom. The van der Waals surface area contributed by atoms with Gasteiger partial charge in [0.15, 0.2) is 0 Å². The van der Waals surface area contributed by atoms with Crippen molar-refractivity contribution in [3.63, 3.8) is 0 Å². The van der Waals surface area contributed by atoms with Crippen LogP contribution in [0.2, 0.25) is 5.02 Å². The average Bonchev–Trinajstić information content (AvgIpc) is 3.82. The van der Waals surface area contributed by atoms with Gasteiger partial charge in [0.05, 0.1) is 28.3 Å². The molecule has 206 valence electrons. The summed E-state index contributed by atoms with van der Waals surface area (Å²) < 4.78 is 0. The number of Topliss-reactive ketones (excluding diaryl/α,β-unsaturated/α-hetero) is 1. The van der Waals surface area contributed by atoms with Crippen LogP contribution in [0.1, 0.15) is 22.7 Å². The topological polar surface area (TPSA) is 46.1 Å². The first kappa shape index (κ1) is 29.5. The maximum atomic E-state index is 14.4. The molecule has 8 rings (SSSR count). The summed E-state index contributed by atoms with van der Waals surface area (Å²) in [6.45, 7) is 0.709. The minimum absolute atomic E-state index is 0. The number of hydrogen-bond acceptors (Lipinski definition) is 4. The largest absolute Gasteiger partial charge is 2.00 e. The molecule has 4 aromatic rings. The summed E-state index contributed by atoms with van der Waals surface area (Å²) in [7, 11) is 2.12. The molecule has 2 saturated carbocycles. The van der Waals surface area contributed by atoms with Crippen molar-refractivity contribution < 1.29 is 21.9 Å². The predicted octanol–water partition coefficient (Wildman–Crippen LogP) is 6.85. The van der Waals surface area contributed by atoms with E-state index in [1.165, 1.54) is 0 Å². The van der Waals surface area contributed by atoms with E-state index < -0.39 is 5.54 Å². The van der Waals surface area contributed by atoms with Crippen LogP contribution in [0.15, 0.2) is 72.8 Å². The van der Waals surface area contributed by atoms with E-state index in [1.54, 1.807) is 0 Å². The van der Waals surface area contributed by atoms with Crippen molar-refractivity contribution in [1.29, 1.82) is 0 Å². The van der Waals surface area contributed by atoms with Gasteiger partial charge in [0.2, 0.25) is 0 Å². The van der Waals surface area contributed by atoms with Crippen LogP contribution in [0.4, 0.5) is 0 Å². The zero-order valence-corrected chi connectivity index (χ0v) is 24.8. The van der Waals surface area contributed by atoms with Crippen LogP contribution in [0, 0.1) is 69.6 Å². The van der Waals surface area contributed by atoms with E-state index in [0.29, 0.717) is 11.6 Å². The normalized spacial score (nSPS) is 24.7. The number of likely N-dealkylation sites (N-methyl/N-ethyl adjacent to an activating group) is 1. The second kappa shape index (κ2) is 12.2. The molecule has 1 saturated heterocycles. The Morgan fingerprint density at radius 3 is 2.07 bits per heavy atom. The molecule has 1 aliphatic heterocycles. The molecule has 10 radical (unpaired) electrons. The van der Waals surface area contributed by atoms with Gasteiger partial charge < -0.3 is 0 Å². The molecule has 0 unspecified atom stereocenters. The van der Waals surface area contributed by atoms with Gasteiger partial charge in [0.25, 0.3) is 0 Å². The van der Waals surface area contributed by atoms with Crippen LogP contribution in [0.25, 0.3) is 22.3 Å². The minimum Gasteiger partial charge on any atom is -0.299 e. The smallest absolute Gasteiger partial charge is 0.299 e. The van der Waals surface area contributed by atoms with Gasteiger partial charge in [-0.3, -0.25) is 9.69 Å². The molecule has 4 aliphatic rings. The van der Waals surface area contributed by atoms with E-state index in [9.17, 15) is 4.79 Å². The number of halogens is 1. The third-order valence-electron chi connectivity index (χ3n) is 8.53. The molecule has 3 fully saturated rings. The molecule has 0 N–H and O–H groups in total. The van der Waals surface area contributed by atoms with Crippen LogP contribution in [0.5, 0.6) is 0 Å². The molecule has 0 amide bonds. The van der Waals surface area contributed by atoms with Gasteiger partial charge in [0, 0.05) is 29.0 Å². The van der Waals surface area contributed by atoms with Crippen LogP contribution < -0.4 is 0 Å². The monoisotopic (exact) mass is 609 g/mol. The van der Waals surface area contributed by atoms with Crippen molar-refractivity contribution in [2.75, 3.05) is 13.6 Å². The third kappa shape index (κ3) is 4.83. The zero-order chi connectivity index (χ0) is 28.0. The Hall–Kier alpha value is -2.56.